The Balaban J connectivity index is 1.99. The average molecular weight is 338 g/mol. The fraction of sp³-hybridized carbons (Fsp3) is 0.810. The zero-order valence-corrected chi connectivity index (χ0v) is 16.3. The fourth-order valence-electron chi connectivity index (χ4n) is 3.84. The van der Waals surface area contributed by atoms with Crippen molar-refractivity contribution in [2.75, 3.05) is 6.54 Å². The lowest BCUT2D eigenvalue weighted by atomic mass is 10.0. The monoisotopic (exact) mass is 337 g/mol. The molecule has 0 aromatic rings. The van der Waals surface area contributed by atoms with E-state index < -0.39 is 0 Å². The van der Waals surface area contributed by atoms with Crippen LogP contribution in [0.4, 0.5) is 0 Å². The molecule has 0 fully saturated rings. The van der Waals surface area contributed by atoms with E-state index in [0.29, 0.717) is 10.6 Å². The molecule has 1 heterocycles. The molecule has 0 saturated carbocycles. The van der Waals surface area contributed by atoms with Gasteiger partial charge in [-0.1, -0.05) is 57.1 Å². The minimum Gasteiger partial charge on any atom is -0.345 e. The van der Waals surface area contributed by atoms with Gasteiger partial charge in [-0.3, -0.25) is 4.48 Å². The molecular formula is C21H41N2O+. The van der Waals surface area contributed by atoms with E-state index in [4.69, 9.17) is 0 Å². The molecule has 3 atom stereocenters. The first-order valence-corrected chi connectivity index (χ1v) is 10.3. The van der Waals surface area contributed by atoms with Crippen LogP contribution in [0.1, 0.15) is 91.4 Å². The maximum atomic E-state index is 10.1. The van der Waals surface area contributed by atoms with Gasteiger partial charge in [0, 0.05) is 13.3 Å². The van der Waals surface area contributed by atoms with Crippen LogP contribution in [0.5, 0.6) is 0 Å². The second-order valence-electron chi connectivity index (χ2n) is 7.27. The summed E-state index contributed by atoms with van der Waals surface area (Å²) in [5.74, 6) is 0. The SMILES string of the molecule is C/C=C/CCCCCCCCCCCC1NC=C[N+]1(CC)C(C)O. The second-order valence-corrected chi connectivity index (χ2v) is 7.27. The molecule has 0 aliphatic carbocycles. The Kier molecular flexibility index (Phi) is 11.1. The number of unbranched alkanes of at least 4 members (excludes halogenated alkanes) is 9. The molecule has 1 rings (SSSR count). The van der Waals surface area contributed by atoms with Crippen LogP contribution < -0.4 is 5.32 Å². The highest BCUT2D eigenvalue weighted by molar-refractivity contribution is 4.84. The lowest BCUT2D eigenvalue weighted by Crippen LogP contribution is -2.57. The second kappa shape index (κ2) is 12.5. The van der Waals surface area contributed by atoms with E-state index in [2.05, 4.69) is 37.5 Å². The van der Waals surface area contributed by atoms with Crippen molar-refractivity contribution in [1.82, 2.24) is 5.32 Å². The molecule has 0 bridgehead atoms. The van der Waals surface area contributed by atoms with Crippen molar-refractivity contribution in [2.24, 2.45) is 0 Å². The van der Waals surface area contributed by atoms with Gasteiger partial charge < -0.3 is 10.4 Å². The number of allylic oxidation sites excluding steroid dienone is 2. The summed E-state index contributed by atoms with van der Waals surface area (Å²) >= 11 is 0. The standard InChI is InChI=1S/C21H41N2O/c1-4-6-7-8-9-10-11-12-13-14-15-16-17-21-22-18-19-23(21,5-2)20(3)24/h4,6,18-22,24H,5,7-17H2,1-3H3/q+1/b6-4+. The summed E-state index contributed by atoms with van der Waals surface area (Å²) in [5, 5.41) is 13.6. The van der Waals surface area contributed by atoms with Crippen molar-refractivity contribution < 1.29 is 9.59 Å². The van der Waals surface area contributed by atoms with Crippen molar-refractivity contribution in [3.8, 4) is 0 Å². The third-order valence-electron chi connectivity index (χ3n) is 5.55. The average Bonchev–Trinajstić information content (AvgIpc) is 3.00. The molecule has 0 aromatic heterocycles. The predicted octanol–water partition coefficient (Wildman–Crippen LogP) is 5.43. The molecule has 0 aromatic carbocycles. The Morgan fingerprint density at radius 3 is 2.17 bits per heavy atom. The summed E-state index contributed by atoms with van der Waals surface area (Å²) < 4.78 is 0.674. The van der Waals surface area contributed by atoms with Gasteiger partial charge in [-0.25, -0.2) is 0 Å². The molecule has 0 amide bonds. The zero-order chi connectivity index (χ0) is 17.7. The Bertz CT molecular complexity index is 365. The Morgan fingerprint density at radius 2 is 1.62 bits per heavy atom. The van der Waals surface area contributed by atoms with E-state index in [9.17, 15) is 5.11 Å². The van der Waals surface area contributed by atoms with E-state index in [1.165, 1.54) is 64.2 Å². The molecule has 3 nitrogen and oxygen atoms in total. The van der Waals surface area contributed by atoms with E-state index in [1.54, 1.807) is 0 Å². The minimum atomic E-state index is -0.334. The first kappa shape index (κ1) is 21.2. The molecular weight excluding hydrogens is 296 g/mol. The molecule has 1 aliphatic heterocycles. The molecule has 1 aliphatic rings. The first-order valence-electron chi connectivity index (χ1n) is 10.3. The van der Waals surface area contributed by atoms with Crippen molar-refractivity contribution >= 4 is 0 Å². The van der Waals surface area contributed by atoms with Crippen LogP contribution in [0, 0.1) is 0 Å². The predicted molar refractivity (Wildman–Crippen MR) is 104 cm³/mol. The van der Waals surface area contributed by atoms with Gasteiger partial charge in [-0.05, 0) is 33.1 Å². The number of aliphatic hydroxyl groups is 1. The summed E-state index contributed by atoms with van der Waals surface area (Å²) in [6.07, 6.45) is 23.3. The minimum absolute atomic E-state index is 0.334. The fourth-order valence-corrected chi connectivity index (χ4v) is 3.84. The molecule has 0 radical (unpaired) electrons. The summed E-state index contributed by atoms with van der Waals surface area (Å²) in [6, 6.07) is 0. The molecule has 2 N–H and O–H groups in total. The van der Waals surface area contributed by atoms with E-state index in [-0.39, 0.29) is 6.23 Å². The van der Waals surface area contributed by atoms with Crippen molar-refractivity contribution in [1.29, 1.82) is 0 Å². The number of hydrogen-bond acceptors (Lipinski definition) is 2. The third-order valence-corrected chi connectivity index (χ3v) is 5.55. The maximum absolute atomic E-state index is 10.1. The Labute approximate surface area is 150 Å². The van der Waals surface area contributed by atoms with Gasteiger partial charge in [-0.15, -0.1) is 0 Å². The molecule has 140 valence electrons. The number of nitrogens with one attached hydrogen (secondary N) is 1. The number of hydrogen-bond donors (Lipinski definition) is 2. The van der Waals surface area contributed by atoms with E-state index in [0.717, 1.165) is 13.0 Å². The number of aliphatic hydroxyl groups excluding tert-OH is 1. The lowest BCUT2D eigenvalue weighted by molar-refractivity contribution is -0.942. The van der Waals surface area contributed by atoms with Crippen molar-refractivity contribution in [3.63, 3.8) is 0 Å². The number of rotatable bonds is 14. The van der Waals surface area contributed by atoms with Crippen LogP contribution in [0.25, 0.3) is 0 Å². The molecule has 0 saturated heterocycles. The largest absolute Gasteiger partial charge is 0.345 e. The highest BCUT2D eigenvalue weighted by Crippen LogP contribution is 2.25. The summed E-state index contributed by atoms with van der Waals surface area (Å²) in [6.45, 7) is 7.12. The van der Waals surface area contributed by atoms with Crippen molar-refractivity contribution in [3.05, 3.63) is 24.6 Å². The number of nitrogens with zero attached hydrogens (tertiary/aromatic N) is 1. The van der Waals surface area contributed by atoms with Gasteiger partial charge in [0.05, 0.1) is 12.7 Å². The number of quaternary nitrogens is 1. The van der Waals surface area contributed by atoms with Gasteiger partial charge in [0.2, 0.25) is 0 Å². The highest BCUT2D eigenvalue weighted by atomic mass is 16.3. The zero-order valence-electron chi connectivity index (χ0n) is 16.3. The van der Waals surface area contributed by atoms with Gasteiger partial charge in [0.15, 0.2) is 12.4 Å². The van der Waals surface area contributed by atoms with Gasteiger partial charge >= 0.3 is 0 Å². The van der Waals surface area contributed by atoms with E-state index >= 15 is 0 Å². The smallest absolute Gasteiger partial charge is 0.193 e. The van der Waals surface area contributed by atoms with Gasteiger partial charge in [0.1, 0.15) is 6.20 Å². The summed E-state index contributed by atoms with van der Waals surface area (Å²) in [4.78, 5) is 0. The molecule has 0 spiro atoms. The van der Waals surface area contributed by atoms with Gasteiger partial charge in [0.25, 0.3) is 0 Å². The lowest BCUT2D eigenvalue weighted by Gasteiger charge is -2.39. The normalized spacial score (nSPS) is 24.6. The topological polar surface area (TPSA) is 32.3 Å². The molecule has 3 heteroatoms. The van der Waals surface area contributed by atoms with Crippen molar-refractivity contribution in [2.45, 2.75) is 104 Å². The maximum Gasteiger partial charge on any atom is 0.193 e. The van der Waals surface area contributed by atoms with Crippen LogP contribution in [-0.4, -0.2) is 28.5 Å². The van der Waals surface area contributed by atoms with Crippen LogP contribution in [0.15, 0.2) is 24.6 Å². The Morgan fingerprint density at radius 1 is 1.04 bits per heavy atom. The first-order chi connectivity index (χ1) is 11.7. The van der Waals surface area contributed by atoms with Crippen LogP contribution in [-0.2, 0) is 0 Å². The van der Waals surface area contributed by atoms with E-state index in [1.807, 2.05) is 13.1 Å². The van der Waals surface area contributed by atoms with Crippen LogP contribution >= 0.6 is 0 Å². The van der Waals surface area contributed by atoms with Gasteiger partial charge in [-0.2, -0.15) is 0 Å². The summed E-state index contributed by atoms with van der Waals surface area (Å²) in [7, 11) is 0. The third kappa shape index (κ3) is 6.98. The van der Waals surface area contributed by atoms with Crippen LogP contribution in [0.2, 0.25) is 0 Å². The molecule has 3 unspecified atom stereocenters. The quantitative estimate of drug-likeness (QED) is 0.252. The summed E-state index contributed by atoms with van der Waals surface area (Å²) in [5.41, 5.74) is 0. The Hall–Kier alpha value is -0.800. The van der Waals surface area contributed by atoms with Crippen LogP contribution in [0.3, 0.4) is 0 Å². The highest BCUT2D eigenvalue weighted by Gasteiger charge is 2.40. The molecule has 24 heavy (non-hydrogen) atoms.